The molecule has 106 valence electrons. The first-order valence-electron chi connectivity index (χ1n) is 5.74. The minimum absolute atomic E-state index is 0.0355. The predicted molar refractivity (Wildman–Crippen MR) is 82.0 cm³/mol. The molecule has 0 saturated carbocycles. The quantitative estimate of drug-likeness (QED) is 0.704. The van der Waals surface area contributed by atoms with Gasteiger partial charge < -0.3 is 5.11 Å². The van der Waals surface area contributed by atoms with Crippen molar-refractivity contribution in [2.75, 3.05) is 0 Å². The van der Waals surface area contributed by atoms with Gasteiger partial charge in [-0.3, -0.25) is 0 Å². The fraction of sp³-hybridized carbons (Fsp3) is 0. The van der Waals surface area contributed by atoms with Crippen LogP contribution in [0.5, 0.6) is 0 Å². The highest BCUT2D eigenvalue weighted by molar-refractivity contribution is 7.20. The van der Waals surface area contributed by atoms with Crippen LogP contribution in [-0.2, 0) is 0 Å². The summed E-state index contributed by atoms with van der Waals surface area (Å²) in [5.74, 6) is -1.61. The molecule has 0 amide bonds. The monoisotopic (exact) mass is 341 g/mol. The Labute approximate surface area is 132 Å². The number of carboxylic acid groups (broad SMARTS) is 1. The first kappa shape index (κ1) is 14.3. The van der Waals surface area contributed by atoms with E-state index in [-0.39, 0.29) is 11.1 Å². The third-order valence-electron chi connectivity index (χ3n) is 2.93. The van der Waals surface area contributed by atoms with Gasteiger partial charge in [-0.1, -0.05) is 23.2 Å². The van der Waals surface area contributed by atoms with E-state index < -0.39 is 11.8 Å². The van der Waals surface area contributed by atoms with Crippen LogP contribution in [-0.4, -0.2) is 16.1 Å². The Kier molecular flexibility index (Phi) is 3.57. The minimum Gasteiger partial charge on any atom is -0.478 e. The van der Waals surface area contributed by atoms with Crippen LogP contribution in [0.25, 0.3) is 22.2 Å². The van der Waals surface area contributed by atoms with Gasteiger partial charge in [-0.25, -0.2) is 14.2 Å². The third-order valence-corrected chi connectivity index (χ3v) is 4.42. The molecule has 0 aliphatic heterocycles. The fourth-order valence-corrected chi connectivity index (χ4v) is 3.51. The van der Waals surface area contributed by atoms with Crippen LogP contribution in [0.15, 0.2) is 30.3 Å². The average Bonchev–Trinajstić information content (AvgIpc) is 2.75. The summed E-state index contributed by atoms with van der Waals surface area (Å²) in [6.45, 7) is 0. The molecule has 1 N–H and O–H groups in total. The van der Waals surface area contributed by atoms with Crippen molar-refractivity contribution in [1.82, 2.24) is 4.98 Å². The summed E-state index contributed by atoms with van der Waals surface area (Å²) in [5, 5.41) is 9.69. The van der Waals surface area contributed by atoms with Gasteiger partial charge in [-0.2, -0.15) is 0 Å². The highest BCUT2D eigenvalue weighted by atomic mass is 35.5. The average molecular weight is 342 g/mol. The molecule has 0 atom stereocenters. The highest BCUT2D eigenvalue weighted by Crippen LogP contribution is 2.38. The van der Waals surface area contributed by atoms with Gasteiger partial charge in [0.15, 0.2) is 0 Å². The maximum absolute atomic E-state index is 13.4. The van der Waals surface area contributed by atoms with E-state index in [2.05, 4.69) is 4.98 Å². The summed E-state index contributed by atoms with van der Waals surface area (Å²) in [7, 11) is 0. The molecule has 0 aliphatic carbocycles. The number of pyridine rings is 1. The van der Waals surface area contributed by atoms with Crippen LogP contribution < -0.4 is 0 Å². The van der Waals surface area contributed by atoms with Crippen LogP contribution in [0.3, 0.4) is 0 Å². The van der Waals surface area contributed by atoms with E-state index in [1.807, 2.05) is 0 Å². The van der Waals surface area contributed by atoms with Gasteiger partial charge in [0.1, 0.15) is 10.2 Å². The molecule has 3 nitrogen and oxygen atoms in total. The molecular formula is C14H6Cl2FNO2S. The minimum atomic E-state index is -1.12. The predicted octanol–water partition coefficient (Wildman–Crippen LogP) is 5.11. The van der Waals surface area contributed by atoms with Gasteiger partial charge in [0.25, 0.3) is 0 Å². The molecule has 1 aromatic carbocycles. The van der Waals surface area contributed by atoms with Crippen molar-refractivity contribution >= 4 is 51.4 Å². The van der Waals surface area contributed by atoms with Crippen molar-refractivity contribution < 1.29 is 14.3 Å². The number of hydrogen-bond acceptors (Lipinski definition) is 3. The van der Waals surface area contributed by atoms with Crippen LogP contribution >= 0.6 is 34.5 Å². The zero-order valence-corrected chi connectivity index (χ0v) is 12.6. The fourth-order valence-electron chi connectivity index (χ4n) is 2.03. The Bertz CT molecular complexity index is 879. The lowest BCUT2D eigenvalue weighted by atomic mass is 10.1. The Morgan fingerprint density at radius 3 is 2.62 bits per heavy atom. The second-order valence-electron chi connectivity index (χ2n) is 4.26. The largest absolute Gasteiger partial charge is 0.478 e. The topological polar surface area (TPSA) is 50.2 Å². The number of hydrogen-bond donors (Lipinski definition) is 1. The van der Waals surface area contributed by atoms with Crippen LogP contribution in [0, 0.1) is 5.82 Å². The van der Waals surface area contributed by atoms with E-state index in [1.165, 1.54) is 24.3 Å². The molecule has 0 fully saturated rings. The van der Waals surface area contributed by atoms with Gasteiger partial charge in [0.05, 0.1) is 21.1 Å². The molecule has 0 unspecified atom stereocenters. The zero-order valence-electron chi connectivity index (χ0n) is 10.2. The summed E-state index contributed by atoms with van der Waals surface area (Å²) in [5.41, 5.74) is 1.16. The maximum atomic E-state index is 13.4. The maximum Gasteiger partial charge on any atom is 0.336 e. The Morgan fingerprint density at radius 2 is 2.00 bits per heavy atom. The molecule has 0 aliphatic rings. The van der Waals surface area contributed by atoms with Crippen molar-refractivity contribution in [2.45, 2.75) is 0 Å². The molecule has 7 heteroatoms. The number of carbonyl (C=O) groups is 1. The van der Waals surface area contributed by atoms with Crippen molar-refractivity contribution in [3.8, 4) is 11.3 Å². The second kappa shape index (κ2) is 5.26. The molecular weight excluding hydrogens is 336 g/mol. The lowest BCUT2D eigenvalue weighted by Crippen LogP contribution is -2.00. The third kappa shape index (κ3) is 2.60. The number of aromatic nitrogens is 1. The van der Waals surface area contributed by atoms with E-state index in [0.29, 0.717) is 25.3 Å². The van der Waals surface area contributed by atoms with Gasteiger partial charge in [-0.05, 0) is 24.3 Å². The lowest BCUT2D eigenvalue weighted by Gasteiger charge is -2.06. The molecule has 2 aromatic heterocycles. The molecule has 3 aromatic rings. The summed E-state index contributed by atoms with van der Waals surface area (Å²) in [4.78, 5) is 15.7. The zero-order chi connectivity index (χ0) is 15.1. The number of carboxylic acids is 1. The van der Waals surface area contributed by atoms with Crippen molar-refractivity contribution in [2.24, 2.45) is 0 Å². The van der Waals surface area contributed by atoms with E-state index in [9.17, 15) is 14.3 Å². The van der Waals surface area contributed by atoms with Crippen LogP contribution in [0.2, 0.25) is 8.67 Å². The number of benzene rings is 1. The second-order valence-corrected chi connectivity index (χ2v) is 6.55. The Balaban J connectivity index is 2.34. The van der Waals surface area contributed by atoms with E-state index in [4.69, 9.17) is 23.2 Å². The summed E-state index contributed by atoms with van der Waals surface area (Å²) < 4.78 is 14.2. The number of fused-ring (bicyclic) bond motifs is 1. The number of thiophene rings is 1. The normalized spacial score (nSPS) is 11.0. The molecule has 2 heterocycles. The first-order chi connectivity index (χ1) is 9.95. The molecule has 0 saturated heterocycles. The molecule has 3 rings (SSSR count). The Hall–Kier alpha value is -1.69. The number of nitrogens with zero attached hydrogens (tertiary/aromatic N) is 1. The Morgan fingerprint density at radius 1 is 1.24 bits per heavy atom. The van der Waals surface area contributed by atoms with E-state index >= 15 is 0 Å². The SMILES string of the molecule is O=C(O)c1cc(-c2cc(Cl)sc2Cl)nc2cc(F)ccc12. The van der Waals surface area contributed by atoms with Crippen LogP contribution in [0.4, 0.5) is 4.39 Å². The standard InChI is InChI=1S/C14H6Cl2FNO2S/c15-12-5-9(13(16)21-12)11-4-8(14(19)20)7-2-1-6(17)3-10(7)18-11/h1-5H,(H,19,20). The van der Waals surface area contributed by atoms with E-state index in [1.54, 1.807) is 6.07 Å². The smallest absolute Gasteiger partial charge is 0.336 e. The molecule has 0 spiro atoms. The molecule has 21 heavy (non-hydrogen) atoms. The van der Waals surface area contributed by atoms with Crippen molar-refractivity contribution in [3.63, 3.8) is 0 Å². The van der Waals surface area contributed by atoms with Gasteiger partial charge in [0.2, 0.25) is 0 Å². The van der Waals surface area contributed by atoms with Gasteiger partial charge >= 0.3 is 5.97 Å². The molecule has 0 radical (unpaired) electrons. The van der Waals surface area contributed by atoms with Crippen LogP contribution in [0.1, 0.15) is 10.4 Å². The summed E-state index contributed by atoms with van der Waals surface area (Å²) in [6.07, 6.45) is 0. The summed E-state index contributed by atoms with van der Waals surface area (Å²) >= 11 is 13.1. The summed E-state index contributed by atoms with van der Waals surface area (Å²) in [6, 6.07) is 6.80. The molecule has 0 bridgehead atoms. The van der Waals surface area contributed by atoms with Gasteiger partial charge in [-0.15, -0.1) is 11.3 Å². The lowest BCUT2D eigenvalue weighted by molar-refractivity contribution is 0.0699. The number of rotatable bonds is 2. The van der Waals surface area contributed by atoms with Gasteiger partial charge in [0, 0.05) is 17.0 Å². The highest BCUT2D eigenvalue weighted by Gasteiger charge is 2.16. The van der Waals surface area contributed by atoms with Crippen molar-refractivity contribution in [1.29, 1.82) is 0 Å². The van der Waals surface area contributed by atoms with Crippen molar-refractivity contribution in [3.05, 3.63) is 50.4 Å². The van der Waals surface area contributed by atoms with E-state index in [0.717, 1.165) is 11.3 Å². The number of halogens is 3. The number of aromatic carboxylic acids is 1. The first-order valence-corrected chi connectivity index (χ1v) is 7.32.